The van der Waals surface area contributed by atoms with Gasteiger partial charge in [-0.1, -0.05) is 12.1 Å². The van der Waals surface area contributed by atoms with Gasteiger partial charge in [-0.05, 0) is 43.7 Å². The number of phenols is 1. The fraction of sp³-hybridized carbons (Fsp3) is 0.200. The smallest absolute Gasteiger partial charge is 0.338 e. The number of phenolic OH excluding ortho intramolecular Hbond substituents is 1. The Morgan fingerprint density at radius 2 is 2.07 bits per heavy atom. The molecule has 0 radical (unpaired) electrons. The second-order valence-corrected chi connectivity index (χ2v) is 6.32. The molecular formula is C20H19N5O3. The first kappa shape index (κ1) is 17.7. The minimum Gasteiger partial charge on any atom is -0.508 e. The molecule has 2 aromatic heterocycles. The van der Waals surface area contributed by atoms with Crippen molar-refractivity contribution in [2.24, 2.45) is 0 Å². The van der Waals surface area contributed by atoms with Gasteiger partial charge < -0.3 is 15.2 Å². The third-order valence-corrected chi connectivity index (χ3v) is 4.48. The van der Waals surface area contributed by atoms with Gasteiger partial charge >= 0.3 is 5.97 Å². The van der Waals surface area contributed by atoms with E-state index in [4.69, 9.17) is 4.74 Å². The van der Waals surface area contributed by atoms with Gasteiger partial charge in [0.2, 0.25) is 5.95 Å². The van der Waals surface area contributed by atoms with Crippen molar-refractivity contribution in [3.05, 3.63) is 65.6 Å². The molecule has 8 nitrogen and oxygen atoms in total. The van der Waals surface area contributed by atoms with Crippen molar-refractivity contribution in [2.75, 3.05) is 11.9 Å². The zero-order chi connectivity index (χ0) is 19.7. The average molecular weight is 377 g/mol. The van der Waals surface area contributed by atoms with E-state index in [0.29, 0.717) is 23.0 Å². The van der Waals surface area contributed by atoms with Gasteiger partial charge in [-0.15, -0.1) is 5.10 Å². The molecular weight excluding hydrogens is 358 g/mol. The normalized spacial score (nSPS) is 15.7. The summed E-state index contributed by atoms with van der Waals surface area (Å²) in [6.07, 6.45) is 3.37. The Balaban J connectivity index is 1.86. The lowest BCUT2D eigenvalue weighted by atomic mass is 9.96. The maximum absolute atomic E-state index is 12.7. The first-order valence-corrected chi connectivity index (χ1v) is 8.89. The maximum Gasteiger partial charge on any atom is 0.338 e. The first-order chi connectivity index (χ1) is 13.6. The molecule has 1 aromatic carbocycles. The van der Waals surface area contributed by atoms with E-state index in [-0.39, 0.29) is 12.4 Å². The van der Waals surface area contributed by atoms with Crippen LogP contribution in [0.5, 0.6) is 5.75 Å². The van der Waals surface area contributed by atoms with E-state index in [9.17, 15) is 9.90 Å². The summed E-state index contributed by atoms with van der Waals surface area (Å²) >= 11 is 0. The minimum atomic E-state index is -0.533. The number of ether oxygens (including phenoxy) is 1. The Morgan fingerprint density at radius 1 is 1.29 bits per heavy atom. The Morgan fingerprint density at radius 3 is 2.75 bits per heavy atom. The summed E-state index contributed by atoms with van der Waals surface area (Å²) in [5, 5.41) is 17.4. The predicted molar refractivity (Wildman–Crippen MR) is 102 cm³/mol. The number of nitrogens with one attached hydrogen (secondary N) is 1. The number of rotatable bonds is 4. The number of anilines is 1. The molecule has 2 N–H and O–H groups in total. The highest BCUT2D eigenvalue weighted by Gasteiger charge is 2.35. The van der Waals surface area contributed by atoms with Crippen molar-refractivity contribution in [2.45, 2.75) is 19.9 Å². The molecule has 0 saturated heterocycles. The molecule has 0 bridgehead atoms. The number of esters is 1. The number of benzene rings is 1. The van der Waals surface area contributed by atoms with E-state index >= 15 is 0 Å². The fourth-order valence-corrected chi connectivity index (χ4v) is 3.21. The molecule has 0 saturated carbocycles. The summed E-state index contributed by atoms with van der Waals surface area (Å²) in [5.74, 6) is 0.736. The van der Waals surface area contributed by atoms with E-state index in [2.05, 4.69) is 20.4 Å². The molecule has 8 heteroatoms. The molecule has 4 rings (SSSR count). The van der Waals surface area contributed by atoms with Gasteiger partial charge in [-0.2, -0.15) is 4.98 Å². The highest BCUT2D eigenvalue weighted by Crippen LogP contribution is 2.37. The first-order valence-electron chi connectivity index (χ1n) is 8.89. The zero-order valence-electron chi connectivity index (χ0n) is 15.5. The number of nitrogens with zero attached hydrogens (tertiary/aromatic N) is 4. The fourth-order valence-electron chi connectivity index (χ4n) is 3.21. The van der Waals surface area contributed by atoms with Gasteiger partial charge in [0.05, 0.1) is 12.2 Å². The lowest BCUT2D eigenvalue weighted by Crippen LogP contribution is -2.29. The number of pyridine rings is 1. The second kappa shape index (κ2) is 7.15. The van der Waals surface area contributed by atoms with Crippen LogP contribution in [0.1, 0.15) is 25.5 Å². The average Bonchev–Trinajstić information content (AvgIpc) is 3.12. The molecule has 1 unspecified atom stereocenters. The summed E-state index contributed by atoms with van der Waals surface area (Å²) in [5.41, 5.74) is 2.65. The Labute approximate surface area is 161 Å². The third-order valence-electron chi connectivity index (χ3n) is 4.48. The van der Waals surface area contributed by atoms with Crippen molar-refractivity contribution in [1.29, 1.82) is 0 Å². The van der Waals surface area contributed by atoms with E-state index in [1.807, 2.05) is 19.1 Å². The molecule has 1 aliphatic heterocycles. The Hall–Kier alpha value is -3.68. The molecule has 28 heavy (non-hydrogen) atoms. The monoisotopic (exact) mass is 377 g/mol. The number of hydrogen-bond donors (Lipinski definition) is 2. The van der Waals surface area contributed by atoms with Gasteiger partial charge in [-0.3, -0.25) is 4.98 Å². The van der Waals surface area contributed by atoms with Crippen LogP contribution in [0, 0.1) is 0 Å². The standard InChI is InChI=1S/C20H19N5O3/c1-3-28-19(27)16-12(2)22-20-23-18(14-5-4-10-21-11-14)24-25(20)17(16)13-6-8-15(26)9-7-13/h4-11,17,26H,3H2,1-2H3,(H,22,23,24). The van der Waals surface area contributed by atoms with Crippen LogP contribution in [0.2, 0.25) is 0 Å². The molecule has 0 fully saturated rings. The van der Waals surface area contributed by atoms with Crippen molar-refractivity contribution >= 4 is 11.9 Å². The van der Waals surface area contributed by atoms with Crippen LogP contribution in [0.4, 0.5) is 5.95 Å². The molecule has 0 amide bonds. The van der Waals surface area contributed by atoms with E-state index < -0.39 is 12.0 Å². The number of carbonyl (C=O) groups excluding carboxylic acids is 1. The van der Waals surface area contributed by atoms with Crippen molar-refractivity contribution < 1.29 is 14.6 Å². The summed E-state index contributed by atoms with van der Waals surface area (Å²) in [7, 11) is 0. The summed E-state index contributed by atoms with van der Waals surface area (Å²) in [4.78, 5) is 21.4. The minimum absolute atomic E-state index is 0.144. The molecule has 3 aromatic rings. The van der Waals surface area contributed by atoms with Crippen LogP contribution >= 0.6 is 0 Å². The Kier molecular flexibility index (Phi) is 4.52. The molecule has 1 atom stereocenters. The largest absolute Gasteiger partial charge is 0.508 e. The third kappa shape index (κ3) is 3.09. The van der Waals surface area contributed by atoms with Crippen LogP contribution in [0.15, 0.2) is 60.1 Å². The van der Waals surface area contributed by atoms with Gasteiger partial charge in [0.1, 0.15) is 11.8 Å². The van der Waals surface area contributed by atoms with Crippen LogP contribution in [0.3, 0.4) is 0 Å². The van der Waals surface area contributed by atoms with E-state index in [1.54, 1.807) is 48.3 Å². The number of allylic oxidation sites excluding steroid dienone is 1. The van der Waals surface area contributed by atoms with Gasteiger partial charge in [0.25, 0.3) is 0 Å². The SMILES string of the molecule is CCOC(=O)C1=C(C)Nc2nc(-c3cccnc3)nn2C1c1ccc(O)cc1. The zero-order valence-corrected chi connectivity index (χ0v) is 15.5. The quantitative estimate of drug-likeness (QED) is 0.674. The Bertz CT molecular complexity index is 1040. The summed E-state index contributed by atoms with van der Waals surface area (Å²) in [6, 6.07) is 9.82. The molecule has 142 valence electrons. The summed E-state index contributed by atoms with van der Waals surface area (Å²) < 4.78 is 6.94. The second-order valence-electron chi connectivity index (χ2n) is 6.32. The topological polar surface area (TPSA) is 102 Å². The number of aromatic hydroxyl groups is 1. The van der Waals surface area contributed by atoms with Crippen LogP contribution in [0.25, 0.3) is 11.4 Å². The van der Waals surface area contributed by atoms with E-state index in [1.165, 1.54) is 0 Å². The van der Waals surface area contributed by atoms with Gasteiger partial charge in [-0.25, -0.2) is 9.48 Å². The highest BCUT2D eigenvalue weighted by molar-refractivity contribution is 5.92. The number of fused-ring (bicyclic) bond motifs is 1. The van der Waals surface area contributed by atoms with Gasteiger partial charge in [0, 0.05) is 23.7 Å². The lowest BCUT2D eigenvalue weighted by Gasteiger charge is -2.28. The lowest BCUT2D eigenvalue weighted by molar-refractivity contribution is -0.139. The highest BCUT2D eigenvalue weighted by atomic mass is 16.5. The van der Waals surface area contributed by atoms with Crippen molar-refractivity contribution in [1.82, 2.24) is 19.7 Å². The summed E-state index contributed by atoms with van der Waals surface area (Å²) in [6.45, 7) is 3.84. The molecule has 3 heterocycles. The van der Waals surface area contributed by atoms with Crippen LogP contribution in [-0.2, 0) is 9.53 Å². The number of carbonyl (C=O) groups is 1. The molecule has 1 aliphatic rings. The van der Waals surface area contributed by atoms with Crippen molar-refractivity contribution in [3.8, 4) is 17.1 Å². The molecule has 0 spiro atoms. The van der Waals surface area contributed by atoms with Gasteiger partial charge in [0.15, 0.2) is 5.82 Å². The number of aromatic nitrogens is 4. The van der Waals surface area contributed by atoms with Crippen molar-refractivity contribution in [3.63, 3.8) is 0 Å². The van der Waals surface area contributed by atoms with E-state index in [0.717, 1.165) is 11.1 Å². The van der Waals surface area contributed by atoms with Crippen LogP contribution in [-0.4, -0.2) is 37.4 Å². The molecule has 0 aliphatic carbocycles. The van der Waals surface area contributed by atoms with Crippen LogP contribution < -0.4 is 5.32 Å². The maximum atomic E-state index is 12.7. The predicted octanol–water partition coefficient (Wildman–Crippen LogP) is 2.90. The number of hydrogen-bond acceptors (Lipinski definition) is 7.